The van der Waals surface area contributed by atoms with Gasteiger partial charge in [-0.2, -0.15) is 5.26 Å². The summed E-state index contributed by atoms with van der Waals surface area (Å²) in [5.74, 6) is 0.169. The zero-order chi connectivity index (χ0) is 14.5. The average Bonchev–Trinajstić information content (AvgIpc) is 2.47. The first-order chi connectivity index (χ1) is 9.60. The number of aliphatic hydroxyl groups is 1. The highest BCUT2D eigenvalue weighted by Crippen LogP contribution is 2.19. The summed E-state index contributed by atoms with van der Waals surface area (Å²) in [5, 5.41) is 22.0. The molecular formula is C15H14FN3O. The Kier molecular flexibility index (Phi) is 4.28. The predicted molar refractivity (Wildman–Crippen MR) is 73.4 cm³/mol. The van der Waals surface area contributed by atoms with Crippen molar-refractivity contribution in [1.82, 2.24) is 4.98 Å². The summed E-state index contributed by atoms with van der Waals surface area (Å²) in [5.41, 5.74) is 0.918. The van der Waals surface area contributed by atoms with Crippen LogP contribution in [0.4, 0.5) is 10.2 Å². The molecule has 5 heteroatoms. The molecule has 2 N–H and O–H groups in total. The van der Waals surface area contributed by atoms with E-state index < -0.39 is 6.10 Å². The van der Waals surface area contributed by atoms with Gasteiger partial charge in [0.15, 0.2) is 0 Å². The Bertz CT molecular complexity index is 622. The van der Waals surface area contributed by atoms with Crippen molar-refractivity contribution in [3.63, 3.8) is 0 Å². The van der Waals surface area contributed by atoms with E-state index in [1.165, 1.54) is 24.3 Å². The number of benzene rings is 1. The lowest BCUT2D eigenvalue weighted by Gasteiger charge is -2.21. The van der Waals surface area contributed by atoms with E-state index >= 15 is 0 Å². The molecule has 0 radical (unpaired) electrons. The lowest BCUT2D eigenvalue weighted by atomic mass is 10.0. The van der Waals surface area contributed by atoms with Gasteiger partial charge >= 0.3 is 0 Å². The van der Waals surface area contributed by atoms with Gasteiger partial charge in [0.1, 0.15) is 23.4 Å². The molecule has 0 spiro atoms. The van der Waals surface area contributed by atoms with Gasteiger partial charge in [0.2, 0.25) is 0 Å². The molecule has 0 aliphatic carbocycles. The minimum Gasteiger partial charge on any atom is -0.386 e. The van der Waals surface area contributed by atoms with Crippen LogP contribution in [0.2, 0.25) is 0 Å². The summed E-state index contributed by atoms with van der Waals surface area (Å²) in [6.45, 7) is 1.79. The topological polar surface area (TPSA) is 68.9 Å². The number of nitrogens with one attached hydrogen (secondary N) is 1. The van der Waals surface area contributed by atoms with Gasteiger partial charge in [-0.05, 0) is 36.8 Å². The monoisotopic (exact) mass is 271 g/mol. The van der Waals surface area contributed by atoms with E-state index in [0.717, 1.165) is 0 Å². The van der Waals surface area contributed by atoms with Gasteiger partial charge in [-0.25, -0.2) is 9.37 Å². The van der Waals surface area contributed by atoms with Crippen LogP contribution in [-0.4, -0.2) is 16.1 Å². The van der Waals surface area contributed by atoms with E-state index in [1.54, 1.807) is 25.1 Å². The number of nitriles is 1. The maximum atomic E-state index is 12.8. The fraction of sp³-hybridized carbons (Fsp3) is 0.200. The lowest BCUT2D eigenvalue weighted by Crippen LogP contribution is -2.24. The van der Waals surface area contributed by atoms with E-state index in [2.05, 4.69) is 10.3 Å². The van der Waals surface area contributed by atoms with Gasteiger partial charge in [0, 0.05) is 0 Å². The lowest BCUT2D eigenvalue weighted by molar-refractivity contribution is 0.160. The van der Waals surface area contributed by atoms with Crippen molar-refractivity contribution >= 4 is 5.82 Å². The number of hydrogen-bond donors (Lipinski definition) is 2. The third-order valence-corrected chi connectivity index (χ3v) is 2.92. The molecule has 1 aromatic heterocycles. The van der Waals surface area contributed by atoms with Gasteiger partial charge in [-0.15, -0.1) is 0 Å². The number of aromatic nitrogens is 1. The van der Waals surface area contributed by atoms with Crippen LogP contribution >= 0.6 is 0 Å². The molecule has 0 saturated carbocycles. The average molecular weight is 271 g/mol. The van der Waals surface area contributed by atoms with Crippen molar-refractivity contribution in [1.29, 1.82) is 5.26 Å². The van der Waals surface area contributed by atoms with E-state index in [1.807, 2.05) is 6.07 Å². The van der Waals surface area contributed by atoms with Crippen LogP contribution in [0.5, 0.6) is 0 Å². The molecule has 0 aliphatic rings. The molecule has 4 nitrogen and oxygen atoms in total. The second kappa shape index (κ2) is 6.13. The Labute approximate surface area is 116 Å². The maximum absolute atomic E-state index is 12.8. The number of rotatable bonds is 4. The zero-order valence-corrected chi connectivity index (χ0v) is 10.9. The number of anilines is 1. The number of nitrogens with zero attached hydrogens (tertiary/aromatic N) is 2. The van der Waals surface area contributed by atoms with Gasteiger partial charge in [0.05, 0.1) is 12.1 Å². The fourth-order valence-electron chi connectivity index (χ4n) is 1.84. The van der Waals surface area contributed by atoms with Crippen LogP contribution in [0, 0.1) is 17.1 Å². The van der Waals surface area contributed by atoms with E-state index in [4.69, 9.17) is 5.26 Å². The quantitative estimate of drug-likeness (QED) is 0.897. The Balaban J connectivity index is 2.09. The van der Waals surface area contributed by atoms with Crippen LogP contribution in [0.25, 0.3) is 0 Å². The molecule has 1 heterocycles. The van der Waals surface area contributed by atoms with Gasteiger partial charge < -0.3 is 10.4 Å². The fourth-order valence-corrected chi connectivity index (χ4v) is 1.84. The molecular weight excluding hydrogens is 257 g/mol. The van der Waals surface area contributed by atoms with Crippen LogP contribution in [0.1, 0.15) is 24.3 Å². The van der Waals surface area contributed by atoms with Gasteiger partial charge in [-0.3, -0.25) is 0 Å². The highest BCUT2D eigenvalue weighted by Gasteiger charge is 2.16. The first-order valence-electron chi connectivity index (χ1n) is 6.17. The van der Waals surface area contributed by atoms with Crippen molar-refractivity contribution in [2.45, 2.75) is 19.1 Å². The normalized spacial score (nSPS) is 13.3. The SMILES string of the molecule is CC(Nc1cccc(C#N)n1)C(O)c1ccc(F)cc1. The Hall–Kier alpha value is -2.45. The summed E-state index contributed by atoms with van der Waals surface area (Å²) in [6.07, 6.45) is -0.803. The molecule has 0 saturated heterocycles. The summed E-state index contributed by atoms with van der Waals surface area (Å²) in [4.78, 5) is 4.08. The van der Waals surface area contributed by atoms with Gasteiger partial charge in [-0.1, -0.05) is 18.2 Å². The first kappa shape index (κ1) is 14.0. The highest BCUT2D eigenvalue weighted by atomic mass is 19.1. The number of aliphatic hydroxyl groups excluding tert-OH is 1. The molecule has 2 unspecified atom stereocenters. The predicted octanol–water partition coefficient (Wildman–Crippen LogP) is 2.63. The van der Waals surface area contributed by atoms with Crippen LogP contribution in [0.3, 0.4) is 0 Å². The maximum Gasteiger partial charge on any atom is 0.142 e. The molecule has 2 rings (SSSR count). The first-order valence-corrected chi connectivity index (χ1v) is 6.17. The molecule has 0 bridgehead atoms. The Morgan fingerprint density at radius 1 is 1.25 bits per heavy atom. The van der Waals surface area contributed by atoms with Gasteiger partial charge in [0.25, 0.3) is 0 Å². The largest absolute Gasteiger partial charge is 0.386 e. The summed E-state index contributed by atoms with van der Waals surface area (Å²) < 4.78 is 12.8. The second-order valence-corrected chi connectivity index (χ2v) is 4.45. The molecule has 102 valence electrons. The van der Waals surface area contributed by atoms with E-state index in [0.29, 0.717) is 17.1 Å². The summed E-state index contributed by atoms with van der Waals surface area (Å²) >= 11 is 0. The molecule has 2 atom stereocenters. The molecule has 0 aliphatic heterocycles. The van der Waals surface area contributed by atoms with E-state index in [9.17, 15) is 9.50 Å². The van der Waals surface area contributed by atoms with E-state index in [-0.39, 0.29) is 11.9 Å². The third kappa shape index (κ3) is 3.31. The summed E-state index contributed by atoms with van der Waals surface area (Å²) in [7, 11) is 0. The minimum absolute atomic E-state index is 0.304. The van der Waals surface area contributed by atoms with Crippen molar-refractivity contribution < 1.29 is 9.50 Å². The highest BCUT2D eigenvalue weighted by molar-refractivity contribution is 5.40. The van der Waals surface area contributed by atoms with Crippen LogP contribution in [-0.2, 0) is 0 Å². The van der Waals surface area contributed by atoms with Crippen molar-refractivity contribution in [2.24, 2.45) is 0 Å². The molecule has 0 amide bonds. The number of halogens is 1. The number of hydrogen-bond acceptors (Lipinski definition) is 4. The molecule has 20 heavy (non-hydrogen) atoms. The van der Waals surface area contributed by atoms with Crippen LogP contribution in [0.15, 0.2) is 42.5 Å². The molecule has 2 aromatic rings. The minimum atomic E-state index is -0.803. The Morgan fingerprint density at radius 3 is 2.60 bits per heavy atom. The van der Waals surface area contributed by atoms with Crippen LogP contribution < -0.4 is 5.32 Å². The second-order valence-electron chi connectivity index (χ2n) is 4.45. The van der Waals surface area contributed by atoms with Crippen molar-refractivity contribution in [3.05, 3.63) is 59.5 Å². The molecule has 0 fully saturated rings. The van der Waals surface area contributed by atoms with Crippen molar-refractivity contribution in [3.8, 4) is 6.07 Å². The van der Waals surface area contributed by atoms with Crippen molar-refractivity contribution in [2.75, 3.05) is 5.32 Å². The number of pyridine rings is 1. The third-order valence-electron chi connectivity index (χ3n) is 2.92. The Morgan fingerprint density at radius 2 is 1.95 bits per heavy atom. The summed E-state index contributed by atoms with van der Waals surface area (Å²) in [6, 6.07) is 12.3. The molecule has 1 aromatic carbocycles. The zero-order valence-electron chi connectivity index (χ0n) is 10.9. The smallest absolute Gasteiger partial charge is 0.142 e. The standard InChI is InChI=1S/C15H14FN3O/c1-10(15(20)11-5-7-12(16)8-6-11)18-14-4-2-3-13(9-17)19-14/h2-8,10,15,20H,1H3,(H,18,19).